The van der Waals surface area contributed by atoms with Crippen molar-refractivity contribution in [3.05, 3.63) is 22.1 Å². The van der Waals surface area contributed by atoms with Crippen molar-refractivity contribution in [3.63, 3.8) is 0 Å². The number of hydrogen-bond acceptors (Lipinski definition) is 7. The molecule has 0 aromatic heterocycles. The Hall–Kier alpha value is -2.68. The number of aliphatic imine (C=N–C) groups is 1. The summed E-state index contributed by atoms with van der Waals surface area (Å²) >= 11 is 1.47. The Morgan fingerprint density at radius 2 is 1.93 bits per heavy atom. The largest absolute Gasteiger partial charge is 0.496 e. The number of hydrogen-bond donors (Lipinski definition) is 3. The van der Waals surface area contributed by atoms with E-state index in [1.165, 1.54) is 11.8 Å². The monoisotopic (exact) mass is 415 g/mol. The molecule has 1 aromatic rings. The Labute approximate surface area is 174 Å². The first-order valence-corrected chi connectivity index (χ1v) is 10.4. The summed E-state index contributed by atoms with van der Waals surface area (Å²) in [5, 5.41) is 20.9. The van der Waals surface area contributed by atoms with Gasteiger partial charge in [-0.3, -0.25) is 10.8 Å². The van der Waals surface area contributed by atoms with Crippen molar-refractivity contribution < 1.29 is 14.2 Å². The maximum Gasteiger partial charge on any atom is 0.171 e. The highest BCUT2D eigenvalue weighted by molar-refractivity contribution is 8.18. The number of likely N-dealkylation sites (tertiary alicyclic amines) is 1. The first-order chi connectivity index (χ1) is 14.0. The van der Waals surface area contributed by atoms with E-state index in [1.807, 2.05) is 0 Å². The molecule has 1 saturated heterocycles. The lowest BCUT2D eigenvalue weighted by molar-refractivity contribution is 0.348. The molecule has 0 spiro atoms. The van der Waals surface area contributed by atoms with Crippen molar-refractivity contribution in [1.29, 1.82) is 10.8 Å². The van der Waals surface area contributed by atoms with Gasteiger partial charge in [0.05, 0.1) is 43.1 Å². The lowest BCUT2D eigenvalue weighted by Crippen LogP contribution is -2.25. The van der Waals surface area contributed by atoms with Crippen LogP contribution in [0.5, 0.6) is 17.2 Å². The van der Waals surface area contributed by atoms with Crippen LogP contribution in [0, 0.1) is 16.7 Å². The van der Waals surface area contributed by atoms with E-state index in [2.05, 4.69) is 22.1 Å². The molecule has 0 radical (unpaired) electrons. The number of methoxy groups -OCH3 is 3. The van der Waals surface area contributed by atoms with Gasteiger partial charge in [-0.25, -0.2) is 4.99 Å². The van der Waals surface area contributed by atoms with Crippen LogP contribution >= 0.6 is 11.8 Å². The molecule has 3 heterocycles. The minimum absolute atomic E-state index is 0.192. The molecule has 0 aliphatic carbocycles. The average Bonchev–Trinajstić information content (AvgIpc) is 3.44. The van der Waals surface area contributed by atoms with Gasteiger partial charge in [0.25, 0.3) is 0 Å². The van der Waals surface area contributed by atoms with Crippen molar-refractivity contribution in [2.75, 3.05) is 34.4 Å². The minimum atomic E-state index is 0.192. The number of fused-ring (bicyclic) bond motifs is 1. The predicted octanol–water partition coefficient (Wildman–Crippen LogP) is 3.12. The van der Waals surface area contributed by atoms with E-state index < -0.39 is 0 Å². The molecule has 3 N–H and O–H groups in total. The standard InChI is InChI=1S/C20H25N5O3S/c1-5-10-6-7-25(9-10)20-24-19(22)17(29-20)15-14-13(18(21)23-15)11(26-2)8-12(27-3)16(14)28-4/h8,10,22H,5-7,9H2,1-4H3,(H2,21,23). The summed E-state index contributed by atoms with van der Waals surface area (Å²) in [6.07, 6.45) is 2.31. The Morgan fingerprint density at radius 3 is 2.55 bits per heavy atom. The molecular weight excluding hydrogens is 390 g/mol. The fourth-order valence-electron chi connectivity index (χ4n) is 3.99. The zero-order chi connectivity index (χ0) is 20.7. The van der Waals surface area contributed by atoms with Crippen LogP contribution in [0.1, 0.15) is 30.9 Å². The van der Waals surface area contributed by atoms with Crippen molar-refractivity contribution in [2.24, 2.45) is 10.9 Å². The van der Waals surface area contributed by atoms with Crippen LogP contribution in [0.25, 0.3) is 5.70 Å². The van der Waals surface area contributed by atoms with E-state index in [0.717, 1.165) is 31.1 Å². The first-order valence-electron chi connectivity index (χ1n) is 9.56. The third-order valence-corrected chi connectivity index (χ3v) is 6.71. The predicted molar refractivity (Wildman–Crippen MR) is 116 cm³/mol. The number of benzene rings is 1. The number of nitrogens with one attached hydrogen (secondary N) is 3. The number of nitrogens with zero attached hydrogens (tertiary/aromatic N) is 2. The van der Waals surface area contributed by atoms with Gasteiger partial charge in [0, 0.05) is 19.2 Å². The van der Waals surface area contributed by atoms with Crippen LogP contribution in [0.4, 0.5) is 0 Å². The van der Waals surface area contributed by atoms with E-state index in [-0.39, 0.29) is 11.7 Å². The lowest BCUT2D eigenvalue weighted by atomic mass is 10.0. The topological polar surface area (TPSA) is 103 Å². The Balaban J connectivity index is 1.78. The lowest BCUT2D eigenvalue weighted by Gasteiger charge is -2.17. The van der Waals surface area contributed by atoms with Crippen LogP contribution in [0.3, 0.4) is 0 Å². The van der Waals surface area contributed by atoms with Gasteiger partial charge in [0.15, 0.2) is 22.5 Å². The van der Waals surface area contributed by atoms with E-state index >= 15 is 0 Å². The summed E-state index contributed by atoms with van der Waals surface area (Å²) in [6, 6.07) is 1.71. The molecule has 0 amide bonds. The smallest absolute Gasteiger partial charge is 0.171 e. The summed E-state index contributed by atoms with van der Waals surface area (Å²) in [4.78, 5) is 7.45. The zero-order valence-electron chi connectivity index (χ0n) is 17.0. The molecule has 1 atom stereocenters. The second kappa shape index (κ2) is 7.62. The Morgan fingerprint density at radius 1 is 1.17 bits per heavy atom. The highest BCUT2D eigenvalue weighted by Crippen LogP contribution is 2.48. The average molecular weight is 416 g/mol. The van der Waals surface area contributed by atoms with Gasteiger partial charge >= 0.3 is 0 Å². The summed E-state index contributed by atoms with van der Waals surface area (Å²) in [5.41, 5.74) is 1.91. The molecule has 3 aliphatic rings. The number of thioether (sulfide) groups is 1. The van der Waals surface area contributed by atoms with Crippen molar-refractivity contribution in [3.8, 4) is 17.2 Å². The summed E-state index contributed by atoms with van der Waals surface area (Å²) in [6.45, 7) is 4.15. The molecule has 1 aromatic carbocycles. The fourth-order valence-corrected chi connectivity index (χ4v) is 5.00. The second-order valence-electron chi connectivity index (χ2n) is 7.12. The van der Waals surface area contributed by atoms with E-state index in [0.29, 0.717) is 44.9 Å². The van der Waals surface area contributed by atoms with Gasteiger partial charge < -0.3 is 24.4 Å². The van der Waals surface area contributed by atoms with Gasteiger partial charge in [-0.05, 0) is 24.1 Å². The number of ether oxygens (including phenoxy) is 3. The highest BCUT2D eigenvalue weighted by Gasteiger charge is 2.37. The fraction of sp³-hybridized carbons (Fsp3) is 0.450. The summed E-state index contributed by atoms with van der Waals surface area (Å²) < 4.78 is 16.6. The van der Waals surface area contributed by atoms with Gasteiger partial charge in [-0.2, -0.15) is 0 Å². The molecular formula is C20H25N5O3S. The number of rotatable bonds is 4. The zero-order valence-corrected chi connectivity index (χ0v) is 17.8. The van der Waals surface area contributed by atoms with Crippen molar-refractivity contribution in [1.82, 2.24) is 10.2 Å². The Kier molecular flexibility index (Phi) is 5.16. The van der Waals surface area contributed by atoms with Gasteiger partial charge in [-0.1, -0.05) is 13.3 Å². The third kappa shape index (κ3) is 3.13. The summed E-state index contributed by atoms with van der Waals surface area (Å²) in [5.74, 6) is 2.61. The van der Waals surface area contributed by atoms with Gasteiger partial charge in [-0.15, -0.1) is 0 Å². The molecule has 4 rings (SSSR count). The molecule has 0 saturated carbocycles. The SMILES string of the molecule is CCC1CCN(C2=NC(=N)C(=C3NC(=N)c4c(OC)cc(OC)c(OC)c43)S2)C1. The maximum absolute atomic E-state index is 8.49. The quantitative estimate of drug-likeness (QED) is 0.698. The van der Waals surface area contributed by atoms with E-state index in [1.54, 1.807) is 27.4 Å². The maximum atomic E-state index is 8.49. The van der Waals surface area contributed by atoms with Crippen LogP contribution in [-0.4, -0.2) is 56.2 Å². The molecule has 29 heavy (non-hydrogen) atoms. The third-order valence-electron chi connectivity index (χ3n) is 5.58. The van der Waals surface area contributed by atoms with E-state index in [9.17, 15) is 0 Å². The van der Waals surface area contributed by atoms with Crippen molar-refractivity contribution >= 4 is 34.3 Å². The second-order valence-corrected chi connectivity index (χ2v) is 8.10. The molecule has 154 valence electrons. The molecule has 8 nitrogen and oxygen atoms in total. The normalized spacial score (nSPS) is 23.2. The van der Waals surface area contributed by atoms with Crippen LogP contribution < -0.4 is 19.5 Å². The highest BCUT2D eigenvalue weighted by atomic mass is 32.2. The molecule has 0 bridgehead atoms. The van der Waals surface area contributed by atoms with Crippen molar-refractivity contribution in [2.45, 2.75) is 19.8 Å². The molecule has 1 unspecified atom stereocenters. The molecule has 9 heteroatoms. The van der Waals surface area contributed by atoms with Gasteiger partial charge in [0.2, 0.25) is 0 Å². The van der Waals surface area contributed by atoms with Gasteiger partial charge in [0.1, 0.15) is 11.6 Å². The Bertz CT molecular complexity index is 956. The van der Waals surface area contributed by atoms with E-state index in [4.69, 9.17) is 25.0 Å². The molecule has 1 fully saturated rings. The summed E-state index contributed by atoms with van der Waals surface area (Å²) in [7, 11) is 4.69. The van der Waals surface area contributed by atoms with Crippen LogP contribution in [-0.2, 0) is 0 Å². The van der Waals surface area contributed by atoms with Crippen LogP contribution in [0.2, 0.25) is 0 Å². The molecule has 3 aliphatic heterocycles. The first kappa shape index (κ1) is 19.6. The van der Waals surface area contributed by atoms with Crippen LogP contribution in [0.15, 0.2) is 16.0 Å². The number of amidine groups is 3. The minimum Gasteiger partial charge on any atom is -0.496 e.